The number of carboxylic acids is 1. The molecule has 2 aromatic heterocycles. The molecule has 1 fully saturated rings. The van der Waals surface area contributed by atoms with Gasteiger partial charge in [-0.3, -0.25) is 19.3 Å². The minimum absolute atomic E-state index is 0.0742. The summed E-state index contributed by atoms with van der Waals surface area (Å²) >= 11 is 0. The highest BCUT2D eigenvalue weighted by atomic mass is 16.4. The molecule has 1 aliphatic rings. The van der Waals surface area contributed by atoms with E-state index < -0.39 is 5.97 Å². The maximum absolute atomic E-state index is 11.8. The number of carbonyl (C=O) groups excluding carboxylic acids is 2. The maximum atomic E-state index is 11.8. The smallest absolute Gasteiger partial charge is 0.372 e. The van der Waals surface area contributed by atoms with Gasteiger partial charge in [-0.2, -0.15) is 0 Å². The molecule has 1 saturated heterocycles. The standard InChI is InChI=1S/C13H11N3O4/c17-10-2-1-9(12(18)15-10)7-3-4-16-8(5-7)6-14-11(16)13(19)20/h3-6,9H,1-2H2,(H,19,20)(H,15,17,18). The van der Waals surface area contributed by atoms with Crippen LogP contribution in [0.4, 0.5) is 0 Å². The Labute approximate surface area is 113 Å². The Kier molecular flexibility index (Phi) is 2.74. The first kappa shape index (κ1) is 12.3. The number of carboxylic acid groups (broad SMARTS) is 1. The zero-order valence-electron chi connectivity index (χ0n) is 10.4. The number of hydrogen-bond acceptors (Lipinski definition) is 4. The maximum Gasteiger partial charge on any atom is 0.372 e. The molecule has 0 radical (unpaired) electrons. The van der Waals surface area contributed by atoms with Crippen molar-refractivity contribution in [2.45, 2.75) is 18.8 Å². The van der Waals surface area contributed by atoms with Crippen LogP contribution in [0.1, 0.15) is 34.9 Å². The SMILES string of the molecule is O=C1CCC(c2ccn3c(C(=O)O)ncc3c2)C(=O)N1. The third kappa shape index (κ3) is 1.93. The van der Waals surface area contributed by atoms with Crippen molar-refractivity contribution in [3.63, 3.8) is 0 Å². The molecule has 0 aliphatic carbocycles. The van der Waals surface area contributed by atoms with E-state index in [9.17, 15) is 14.4 Å². The van der Waals surface area contributed by atoms with E-state index in [1.165, 1.54) is 10.6 Å². The molecule has 2 amide bonds. The Bertz CT molecular complexity index is 734. The third-order valence-corrected chi connectivity index (χ3v) is 3.39. The van der Waals surface area contributed by atoms with E-state index in [4.69, 9.17) is 5.11 Å². The van der Waals surface area contributed by atoms with Crippen LogP contribution in [-0.2, 0) is 9.59 Å². The molecular weight excluding hydrogens is 262 g/mol. The van der Waals surface area contributed by atoms with Gasteiger partial charge in [0.05, 0.1) is 17.6 Å². The molecule has 0 bridgehead atoms. The summed E-state index contributed by atoms with van der Waals surface area (Å²) in [4.78, 5) is 37.7. The van der Waals surface area contributed by atoms with Gasteiger partial charge in [0.2, 0.25) is 17.6 Å². The molecule has 0 saturated carbocycles. The number of imide groups is 1. The highest BCUT2D eigenvalue weighted by molar-refractivity contribution is 6.01. The molecule has 3 heterocycles. The number of imidazole rings is 1. The molecule has 7 nitrogen and oxygen atoms in total. The van der Waals surface area contributed by atoms with Crippen molar-refractivity contribution >= 4 is 23.3 Å². The number of hydrogen-bond donors (Lipinski definition) is 2. The quantitative estimate of drug-likeness (QED) is 0.778. The zero-order chi connectivity index (χ0) is 14.3. The molecule has 0 aromatic carbocycles. The molecular formula is C13H11N3O4. The fourth-order valence-electron chi connectivity index (χ4n) is 2.40. The van der Waals surface area contributed by atoms with Crippen LogP contribution in [0.25, 0.3) is 5.52 Å². The van der Waals surface area contributed by atoms with Crippen molar-refractivity contribution in [1.29, 1.82) is 0 Å². The first-order chi connectivity index (χ1) is 9.56. The van der Waals surface area contributed by atoms with Crippen LogP contribution >= 0.6 is 0 Å². The molecule has 1 aliphatic heterocycles. The topological polar surface area (TPSA) is 101 Å². The largest absolute Gasteiger partial charge is 0.475 e. The molecule has 2 aromatic rings. The number of carbonyl (C=O) groups is 3. The lowest BCUT2D eigenvalue weighted by Gasteiger charge is -2.21. The molecule has 7 heteroatoms. The molecule has 3 rings (SSSR count). The number of rotatable bonds is 2. The second-order valence-electron chi connectivity index (χ2n) is 4.65. The lowest BCUT2D eigenvalue weighted by atomic mass is 9.91. The van der Waals surface area contributed by atoms with E-state index >= 15 is 0 Å². The summed E-state index contributed by atoms with van der Waals surface area (Å²) in [5.41, 5.74) is 1.35. The second-order valence-corrected chi connectivity index (χ2v) is 4.65. The van der Waals surface area contributed by atoms with Gasteiger partial charge in [-0.15, -0.1) is 0 Å². The number of nitrogens with zero attached hydrogens (tertiary/aromatic N) is 2. The molecule has 102 valence electrons. The first-order valence-corrected chi connectivity index (χ1v) is 6.10. The lowest BCUT2D eigenvalue weighted by molar-refractivity contribution is -0.134. The summed E-state index contributed by atoms with van der Waals surface area (Å²) in [5.74, 6) is -2.15. The van der Waals surface area contributed by atoms with Crippen LogP contribution in [0.5, 0.6) is 0 Å². The lowest BCUT2D eigenvalue weighted by Crippen LogP contribution is -2.39. The second kappa shape index (κ2) is 4.44. The molecule has 0 spiro atoms. The molecule has 20 heavy (non-hydrogen) atoms. The van der Waals surface area contributed by atoms with Crippen LogP contribution in [0.15, 0.2) is 24.5 Å². The number of pyridine rings is 1. The normalized spacial score (nSPS) is 19.1. The monoisotopic (exact) mass is 273 g/mol. The Morgan fingerprint density at radius 2 is 2.25 bits per heavy atom. The van der Waals surface area contributed by atoms with Crippen molar-refractivity contribution in [2.24, 2.45) is 0 Å². The van der Waals surface area contributed by atoms with Crippen LogP contribution in [0.3, 0.4) is 0 Å². The fourth-order valence-corrected chi connectivity index (χ4v) is 2.40. The predicted octanol–water partition coefficient (Wildman–Crippen LogP) is 0.553. The summed E-state index contributed by atoms with van der Waals surface area (Å²) in [6, 6.07) is 3.40. The Balaban J connectivity index is 1.99. The minimum atomic E-state index is -1.11. The highest BCUT2D eigenvalue weighted by Crippen LogP contribution is 2.25. The molecule has 1 atom stereocenters. The Hall–Kier alpha value is -2.70. The predicted molar refractivity (Wildman–Crippen MR) is 67.3 cm³/mol. The van der Waals surface area contributed by atoms with Crippen LogP contribution in [0, 0.1) is 0 Å². The number of amides is 2. The van der Waals surface area contributed by atoms with Gasteiger partial charge >= 0.3 is 5.97 Å². The summed E-state index contributed by atoms with van der Waals surface area (Å²) < 4.78 is 1.44. The van der Waals surface area contributed by atoms with Gasteiger partial charge in [-0.25, -0.2) is 9.78 Å². The van der Waals surface area contributed by atoms with E-state index in [0.29, 0.717) is 18.4 Å². The van der Waals surface area contributed by atoms with E-state index in [0.717, 1.165) is 5.56 Å². The van der Waals surface area contributed by atoms with Gasteiger partial charge in [0.25, 0.3) is 0 Å². The number of fused-ring (bicyclic) bond motifs is 1. The van der Waals surface area contributed by atoms with Gasteiger partial charge in [0.1, 0.15) is 0 Å². The Morgan fingerprint density at radius 3 is 2.95 bits per heavy atom. The van der Waals surface area contributed by atoms with Crippen molar-refractivity contribution in [3.8, 4) is 0 Å². The first-order valence-electron chi connectivity index (χ1n) is 6.10. The summed E-state index contributed by atoms with van der Waals surface area (Å²) in [7, 11) is 0. The average Bonchev–Trinajstić information content (AvgIpc) is 2.81. The third-order valence-electron chi connectivity index (χ3n) is 3.39. The highest BCUT2D eigenvalue weighted by Gasteiger charge is 2.28. The minimum Gasteiger partial charge on any atom is -0.475 e. The number of aromatic carboxylic acids is 1. The van der Waals surface area contributed by atoms with Crippen LogP contribution in [-0.4, -0.2) is 32.3 Å². The zero-order valence-corrected chi connectivity index (χ0v) is 10.4. The Morgan fingerprint density at radius 1 is 1.45 bits per heavy atom. The van der Waals surface area contributed by atoms with Gasteiger partial charge in [0.15, 0.2) is 0 Å². The van der Waals surface area contributed by atoms with E-state index in [-0.39, 0.29) is 23.6 Å². The van der Waals surface area contributed by atoms with Crippen LogP contribution in [0.2, 0.25) is 0 Å². The van der Waals surface area contributed by atoms with Gasteiger partial charge in [-0.05, 0) is 24.1 Å². The number of aromatic nitrogens is 2. The summed E-state index contributed by atoms with van der Waals surface area (Å²) in [5, 5.41) is 11.3. The van der Waals surface area contributed by atoms with E-state index in [2.05, 4.69) is 10.3 Å². The van der Waals surface area contributed by atoms with Gasteiger partial charge in [0, 0.05) is 12.6 Å². The summed E-state index contributed by atoms with van der Waals surface area (Å²) in [6.45, 7) is 0. The number of nitrogens with one attached hydrogen (secondary N) is 1. The summed E-state index contributed by atoms with van der Waals surface area (Å²) in [6.07, 6.45) is 3.78. The van der Waals surface area contributed by atoms with Crippen molar-refractivity contribution < 1.29 is 19.5 Å². The molecule has 1 unspecified atom stereocenters. The van der Waals surface area contributed by atoms with Crippen molar-refractivity contribution in [3.05, 3.63) is 35.9 Å². The fraction of sp³-hybridized carbons (Fsp3) is 0.231. The van der Waals surface area contributed by atoms with Crippen molar-refractivity contribution in [2.75, 3.05) is 0 Å². The molecule has 2 N–H and O–H groups in total. The van der Waals surface area contributed by atoms with Gasteiger partial charge in [-0.1, -0.05) is 0 Å². The van der Waals surface area contributed by atoms with Crippen molar-refractivity contribution in [1.82, 2.24) is 14.7 Å². The van der Waals surface area contributed by atoms with E-state index in [1.54, 1.807) is 18.3 Å². The number of piperidine rings is 1. The average molecular weight is 273 g/mol. The van der Waals surface area contributed by atoms with E-state index in [1.807, 2.05) is 0 Å². The van der Waals surface area contributed by atoms with Crippen LogP contribution < -0.4 is 5.32 Å². The van der Waals surface area contributed by atoms with Gasteiger partial charge < -0.3 is 5.11 Å².